The summed E-state index contributed by atoms with van der Waals surface area (Å²) < 4.78 is 0. The van der Waals surface area contributed by atoms with Crippen molar-refractivity contribution in [3.05, 3.63) is 0 Å². The third kappa shape index (κ3) is 11.1. The van der Waals surface area contributed by atoms with Crippen molar-refractivity contribution in [3.63, 3.8) is 0 Å². The van der Waals surface area contributed by atoms with Gasteiger partial charge in [-0.3, -0.25) is 0 Å². The van der Waals surface area contributed by atoms with Crippen LogP contribution in [0.5, 0.6) is 0 Å². The zero-order chi connectivity index (χ0) is 12.7. The van der Waals surface area contributed by atoms with E-state index in [0.717, 1.165) is 0 Å². The molecule has 0 aliphatic heterocycles. The second-order valence-corrected chi connectivity index (χ2v) is 6.36. The molecule has 3 rings (SSSR count). The van der Waals surface area contributed by atoms with Gasteiger partial charge in [-0.15, -0.1) is 0 Å². The first-order valence-electron chi connectivity index (χ1n) is 9.00. The molecule has 0 spiro atoms. The van der Waals surface area contributed by atoms with Crippen LogP contribution in [0.3, 0.4) is 0 Å². The Kier molecular flexibility index (Phi) is 12.0. The maximum absolute atomic E-state index is 1.50. The van der Waals surface area contributed by atoms with E-state index < -0.39 is 0 Å². The van der Waals surface area contributed by atoms with Crippen molar-refractivity contribution in [2.75, 3.05) is 0 Å². The van der Waals surface area contributed by atoms with E-state index in [1.165, 1.54) is 116 Å². The lowest BCUT2D eigenvalue weighted by atomic mass is 10.0. The number of hydrogen-bond acceptors (Lipinski definition) is 0. The van der Waals surface area contributed by atoms with Gasteiger partial charge >= 0.3 is 0 Å². The molecule has 0 unspecified atom stereocenters. The lowest BCUT2D eigenvalue weighted by Gasteiger charge is -2.05. The predicted molar refractivity (Wildman–Crippen MR) is 83.1 cm³/mol. The molecule has 108 valence electrons. The Morgan fingerprint density at radius 3 is 0.222 bits per heavy atom. The summed E-state index contributed by atoms with van der Waals surface area (Å²) in [6.07, 6.45) is 27.0. The minimum Gasteiger partial charge on any atom is -0.0533 e. The Morgan fingerprint density at radius 1 is 0.111 bits per heavy atom. The molecule has 0 aromatic heterocycles. The van der Waals surface area contributed by atoms with Crippen LogP contribution in [0.1, 0.15) is 116 Å². The normalized spacial score (nSPS) is 24.0. The first kappa shape index (κ1) is 16.1. The van der Waals surface area contributed by atoms with E-state index >= 15 is 0 Å². The summed E-state index contributed by atoms with van der Waals surface area (Å²) in [5.74, 6) is 0. The van der Waals surface area contributed by atoms with Crippen LogP contribution in [0, 0.1) is 0 Å². The van der Waals surface area contributed by atoms with E-state index in [1.807, 2.05) is 0 Å². The minimum absolute atomic E-state index is 1.50. The van der Waals surface area contributed by atoms with Crippen molar-refractivity contribution < 1.29 is 0 Å². The fourth-order valence-electron chi connectivity index (χ4n) is 3.18. The molecule has 3 aliphatic rings. The maximum atomic E-state index is 1.50. The highest BCUT2D eigenvalue weighted by Gasteiger charge is 1.96. The molecule has 3 aliphatic carbocycles. The lowest BCUT2D eigenvalue weighted by Crippen LogP contribution is -1.85. The Hall–Kier alpha value is 0. The number of rotatable bonds is 0. The molecule has 0 heterocycles. The van der Waals surface area contributed by atoms with Crippen molar-refractivity contribution >= 4 is 0 Å². The zero-order valence-electron chi connectivity index (χ0n) is 12.7. The van der Waals surface area contributed by atoms with Gasteiger partial charge in [0.05, 0.1) is 0 Å². The summed E-state index contributed by atoms with van der Waals surface area (Å²) in [5, 5.41) is 0. The Bertz CT molecular complexity index is 75.1. The maximum Gasteiger partial charge on any atom is -0.0533 e. The van der Waals surface area contributed by atoms with Gasteiger partial charge in [0.1, 0.15) is 0 Å². The van der Waals surface area contributed by atoms with Crippen molar-refractivity contribution in [2.24, 2.45) is 0 Å². The quantitative estimate of drug-likeness (QED) is 0.434. The molecule has 0 aromatic rings. The van der Waals surface area contributed by atoms with Gasteiger partial charge in [0.15, 0.2) is 0 Å². The standard InChI is InChI=1S/3C6H12/c3*1-2-4-6-5-3-1/h3*1-6H2. The van der Waals surface area contributed by atoms with Crippen LogP contribution in [-0.2, 0) is 0 Å². The molecule has 0 amide bonds. The fraction of sp³-hybridized carbons (Fsp3) is 1.00. The second-order valence-electron chi connectivity index (χ2n) is 6.36. The van der Waals surface area contributed by atoms with Crippen LogP contribution in [0.25, 0.3) is 0 Å². The van der Waals surface area contributed by atoms with Crippen molar-refractivity contribution in [3.8, 4) is 0 Å². The molecule has 0 aromatic carbocycles. The Morgan fingerprint density at radius 2 is 0.167 bits per heavy atom. The van der Waals surface area contributed by atoms with Gasteiger partial charge in [0.25, 0.3) is 0 Å². The van der Waals surface area contributed by atoms with Crippen LogP contribution in [0.4, 0.5) is 0 Å². The summed E-state index contributed by atoms with van der Waals surface area (Å²) >= 11 is 0. The largest absolute Gasteiger partial charge is 0.0533 e. The SMILES string of the molecule is C1CCCCC1.C1CCCCC1.C1CCCCC1. The minimum atomic E-state index is 1.50. The molecule has 0 nitrogen and oxygen atoms in total. The third-order valence-corrected chi connectivity index (χ3v) is 4.50. The molecule has 3 fully saturated rings. The molecule has 0 bridgehead atoms. The van der Waals surface area contributed by atoms with Crippen LogP contribution >= 0.6 is 0 Å². The molecule has 18 heavy (non-hydrogen) atoms. The van der Waals surface area contributed by atoms with Crippen molar-refractivity contribution in [1.82, 2.24) is 0 Å². The average Bonchev–Trinajstić information content (AvgIpc) is 2.54. The van der Waals surface area contributed by atoms with Crippen LogP contribution in [-0.4, -0.2) is 0 Å². The summed E-state index contributed by atoms with van der Waals surface area (Å²) in [7, 11) is 0. The average molecular weight is 252 g/mol. The van der Waals surface area contributed by atoms with Gasteiger partial charge in [-0.2, -0.15) is 0 Å². The highest BCUT2D eigenvalue weighted by Crippen LogP contribution is 2.16. The van der Waals surface area contributed by atoms with Gasteiger partial charge in [0, 0.05) is 0 Å². The monoisotopic (exact) mass is 252 g/mol. The van der Waals surface area contributed by atoms with E-state index in [4.69, 9.17) is 0 Å². The van der Waals surface area contributed by atoms with Gasteiger partial charge in [-0.1, -0.05) is 116 Å². The molecular formula is C18H36. The van der Waals surface area contributed by atoms with Crippen LogP contribution in [0.15, 0.2) is 0 Å². The van der Waals surface area contributed by atoms with E-state index in [-0.39, 0.29) is 0 Å². The topological polar surface area (TPSA) is 0 Å². The zero-order valence-corrected chi connectivity index (χ0v) is 12.7. The lowest BCUT2D eigenvalue weighted by molar-refractivity contribution is 0.504. The number of hydrogen-bond donors (Lipinski definition) is 0. The van der Waals surface area contributed by atoms with Crippen LogP contribution < -0.4 is 0 Å². The third-order valence-electron chi connectivity index (χ3n) is 4.50. The summed E-state index contributed by atoms with van der Waals surface area (Å²) in [4.78, 5) is 0. The van der Waals surface area contributed by atoms with E-state index in [9.17, 15) is 0 Å². The van der Waals surface area contributed by atoms with E-state index in [0.29, 0.717) is 0 Å². The second kappa shape index (κ2) is 13.4. The van der Waals surface area contributed by atoms with Gasteiger partial charge in [0.2, 0.25) is 0 Å². The molecule has 0 radical (unpaired) electrons. The summed E-state index contributed by atoms with van der Waals surface area (Å²) in [6.45, 7) is 0. The summed E-state index contributed by atoms with van der Waals surface area (Å²) in [5.41, 5.74) is 0. The van der Waals surface area contributed by atoms with Crippen molar-refractivity contribution in [2.45, 2.75) is 116 Å². The predicted octanol–water partition coefficient (Wildman–Crippen LogP) is 7.02. The molecule has 0 heteroatoms. The van der Waals surface area contributed by atoms with E-state index in [2.05, 4.69) is 0 Å². The highest BCUT2D eigenvalue weighted by molar-refractivity contribution is 4.52. The van der Waals surface area contributed by atoms with E-state index in [1.54, 1.807) is 0 Å². The van der Waals surface area contributed by atoms with Crippen LogP contribution in [0.2, 0.25) is 0 Å². The molecule has 0 atom stereocenters. The fourth-order valence-corrected chi connectivity index (χ4v) is 3.18. The summed E-state index contributed by atoms with van der Waals surface area (Å²) in [6, 6.07) is 0. The van der Waals surface area contributed by atoms with Gasteiger partial charge in [-0.25, -0.2) is 0 Å². The molecule has 0 saturated heterocycles. The Balaban J connectivity index is 0.000000135. The highest BCUT2D eigenvalue weighted by atomic mass is 14.0. The Labute approximate surface area is 116 Å². The molecule has 0 N–H and O–H groups in total. The smallest absolute Gasteiger partial charge is 0.0533 e. The van der Waals surface area contributed by atoms with Crippen molar-refractivity contribution in [1.29, 1.82) is 0 Å². The van der Waals surface area contributed by atoms with Gasteiger partial charge < -0.3 is 0 Å². The first-order chi connectivity index (χ1) is 9.00. The van der Waals surface area contributed by atoms with Gasteiger partial charge in [-0.05, 0) is 0 Å². The first-order valence-corrected chi connectivity index (χ1v) is 9.00. The molecule has 3 saturated carbocycles. The molecular weight excluding hydrogens is 216 g/mol.